The van der Waals surface area contributed by atoms with Crippen LogP contribution in [-0.4, -0.2) is 33.3 Å². The monoisotopic (exact) mass is 460 g/mol. The molecule has 1 saturated heterocycles. The highest BCUT2D eigenvalue weighted by molar-refractivity contribution is 7.90. The molecule has 5 rings (SSSR count). The number of hydrogen-bond acceptors (Lipinski definition) is 5. The molecule has 1 fully saturated rings. The largest absolute Gasteiger partial charge is 0.372 e. The fraction of sp³-hybridized carbons (Fsp3) is 0.200. The molecule has 0 saturated carbocycles. The molecular formula is C25H24N4O3S. The first-order valence-electron chi connectivity index (χ1n) is 10.9. The Kier molecular flexibility index (Phi) is 5.60. The van der Waals surface area contributed by atoms with Crippen molar-refractivity contribution in [3.8, 4) is 0 Å². The molecule has 0 aliphatic carbocycles. The van der Waals surface area contributed by atoms with Crippen molar-refractivity contribution in [3.63, 3.8) is 0 Å². The Morgan fingerprint density at radius 2 is 1.61 bits per heavy atom. The molecule has 2 aliphatic rings. The highest BCUT2D eigenvalue weighted by Gasteiger charge is 2.28. The van der Waals surface area contributed by atoms with Crippen LogP contribution in [0.5, 0.6) is 0 Å². The number of amidine groups is 1. The van der Waals surface area contributed by atoms with E-state index in [1.165, 1.54) is 24.6 Å². The zero-order chi connectivity index (χ0) is 22.8. The number of nitrogens with one attached hydrogen (secondary N) is 2. The SMILES string of the molecule is O=C(NCc1ccc(N2CCCC2)cc1)c1ccc(NC2=NS(=O)(=O)c3ccccc32)cc1. The van der Waals surface area contributed by atoms with Crippen molar-refractivity contribution < 1.29 is 13.2 Å². The predicted molar refractivity (Wildman–Crippen MR) is 129 cm³/mol. The Bertz CT molecular complexity index is 1310. The van der Waals surface area contributed by atoms with Gasteiger partial charge in [-0.1, -0.05) is 24.3 Å². The maximum absolute atomic E-state index is 12.6. The van der Waals surface area contributed by atoms with Crippen LogP contribution in [0.1, 0.15) is 34.3 Å². The fourth-order valence-electron chi connectivity index (χ4n) is 4.12. The molecule has 0 atom stereocenters. The van der Waals surface area contributed by atoms with Crippen molar-refractivity contribution >= 4 is 33.1 Å². The molecule has 7 nitrogen and oxygen atoms in total. The van der Waals surface area contributed by atoms with Crippen LogP contribution in [0.4, 0.5) is 11.4 Å². The standard InChI is InChI=1S/C25H24N4O3S/c30-25(26-17-18-7-13-21(14-8-18)29-15-3-4-16-29)19-9-11-20(12-10-19)27-24-22-5-1-2-6-23(22)33(31,32)28-24/h1-2,5-14H,3-4,15-17H2,(H,26,30)(H,27,28). The highest BCUT2D eigenvalue weighted by Crippen LogP contribution is 2.27. The lowest BCUT2D eigenvalue weighted by Crippen LogP contribution is -2.23. The summed E-state index contributed by atoms with van der Waals surface area (Å²) in [5.41, 5.74) is 3.98. The molecule has 2 heterocycles. The van der Waals surface area contributed by atoms with Crippen LogP contribution >= 0.6 is 0 Å². The Morgan fingerprint density at radius 3 is 2.33 bits per heavy atom. The van der Waals surface area contributed by atoms with Gasteiger partial charge < -0.3 is 15.5 Å². The molecule has 0 radical (unpaired) electrons. The van der Waals surface area contributed by atoms with Gasteiger partial charge in [-0.2, -0.15) is 8.42 Å². The van der Waals surface area contributed by atoms with E-state index in [4.69, 9.17) is 0 Å². The summed E-state index contributed by atoms with van der Waals surface area (Å²) < 4.78 is 28.2. The third kappa shape index (κ3) is 4.47. The highest BCUT2D eigenvalue weighted by atomic mass is 32.2. The van der Waals surface area contributed by atoms with E-state index in [0.717, 1.165) is 18.7 Å². The van der Waals surface area contributed by atoms with Gasteiger partial charge in [-0.3, -0.25) is 4.79 Å². The predicted octanol–water partition coefficient (Wildman–Crippen LogP) is 3.78. The van der Waals surface area contributed by atoms with Crippen LogP contribution in [0, 0.1) is 0 Å². The van der Waals surface area contributed by atoms with Gasteiger partial charge in [0.15, 0.2) is 5.84 Å². The number of amides is 1. The minimum Gasteiger partial charge on any atom is -0.372 e. The maximum Gasteiger partial charge on any atom is 0.285 e. The molecule has 2 aliphatic heterocycles. The molecule has 0 aromatic heterocycles. The van der Waals surface area contributed by atoms with Crippen LogP contribution < -0.4 is 15.5 Å². The Labute approximate surface area is 193 Å². The van der Waals surface area contributed by atoms with Crippen LogP contribution in [-0.2, 0) is 16.6 Å². The summed E-state index contributed by atoms with van der Waals surface area (Å²) in [4.78, 5) is 15.1. The summed E-state index contributed by atoms with van der Waals surface area (Å²) >= 11 is 0. The lowest BCUT2D eigenvalue weighted by atomic mass is 10.1. The lowest BCUT2D eigenvalue weighted by Gasteiger charge is -2.17. The van der Waals surface area contributed by atoms with Crippen LogP contribution in [0.3, 0.4) is 0 Å². The van der Waals surface area contributed by atoms with E-state index in [-0.39, 0.29) is 16.6 Å². The topological polar surface area (TPSA) is 90.9 Å². The molecule has 0 bridgehead atoms. The molecule has 3 aromatic carbocycles. The van der Waals surface area contributed by atoms with Gasteiger partial charge in [0.2, 0.25) is 0 Å². The number of benzene rings is 3. The molecule has 3 aromatic rings. The molecule has 8 heteroatoms. The van der Waals surface area contributed by atoms with Gasteiger partial charge in [0.25, 0.3) is 15.9 Å². The van der Waals surface area contributed by atoms with Gasteiger partial charge in [0.05, 0.1) is 0 Å². The summed E-state index contributed by atoms with van der Waals surface area (Å²) in [6, 6.07) is 21.9. The first-order valence-corrected chi connectivity index (χ1v) is 12.4. The van der Waals surface area contributed by atoms with Crippen molar-refractivity contribution in [1.82, 2.24) is 5.32 Å². The number of nitrogens with zero attached hydrogens (tertiary/aromatic N) is 2. The molecule has 0 spiro atoms. The number of rotatable bonds is 5. The van der Waals surface area contributed by atoms with E-state index in [1.54, 1.807) is 42.5 Å². The van der Waals surface area contributed by atoms with E-state index in [1.807, 2.05) is 0 Å². The number of carbonyl (C=O) groups excluding carboxylic acids is 1. The quantitative estimate of drug-likeness (QED) is 0.605. The average molecular weight is 461 g/mol. The van der Waals surface area contributed by atoms with Gasteiger partial charge >= 0.3 is 0 Å². The Balaban J connectivity index is 1.20. The van der Waals surface area contributed by atoms with E-state index in [9.17, 15) is 13.2 Å². The number of hydrogen-bond donors (Lipinski definition) is 2. The first-order chi connectivity index (χ1) is 16.0. The van der Waals surface area contributed by atoms with Gasteiger partial charge in [-0.25, -0.2) is 0 Å². The minimum atomic E-state index is -3.68. The van der Waals surface area contributed by atoms with Crippen molar-refractivity contribution in [3.05, 3.63) is 89.5 Å². The summed E-state index contributed by atoms with van der Waals surface area (Å²) in [5.74, 6) is 0.108. The van der Waals surface area contributed by atoms with Crippen molar-refractivity contribution in [2.24, 2.45) is 4.40 Å². The molecule has 1 amide bonds. The molecule has 33 heavy (non-hydrogen) atoms. The van der Waals surface area contributed by atoms with Crippen molar-refractivity contribution in [2.45, 2.75) is 24.3 Å². The summed E-state index contributed by atoms with van der Waals surface area (Å²) in [5, 5.41) is 5.98. The third-order valence-electron chi connectivity index (χ3n) is 5.90. The van der Waals surface area contributed by atoms with E-state index in [2.05, 4.69) is 44.2 Å². The normalized spacial score (nSPS) is 16.2. The zero-order valence-electron chi connectivity index (χ0n) is 18.0. The summed E-state index contributed by atoms with van der Waals surface area (Å²) in [6.07, 6.45) is 2.49. The van der Waals surface area contributed by atoms with Crippen molar-refractivity contribution in [2.75, 3.05) is 23.3 Å². The summed E-state index contributed by atoms with van der Waals surface area (Å²) in [7, 11) is -3.68. The van der Waals surface area contributed by atoms with Crippen LogP contribution in [0.15, 0.2) is 82.1 Å². The molecule has 0 unspecified atom stereocenters. The van der Waals surface area contributed by atoms with Gasteiger partial charge in [0, 0.05) is 42.1 Å². The molecule has 168 valence electrons. The van der Waals surface area contributed by atoms with E-state index < -0.39 is 10.0 Å². The minimum absolute atomic E-state index is 0.170. The Hall–Kier alpha value is -3.65. The summed E-state index contributed by atoms with van der Waals surface area (Å²) in [6.45, 7) is 2.66. The van der Waals surface area contributed by atoms with Gasteiger partial charge in [0.1, 0.15) is 4.90 Å². The zero-order valence-corrected chi connectivity index (χ0v) is 18.8. The van der Waals surface area contributed by atoms with Crippen molar-refractivity contribution in [1.29, 1.82) is 0 Å². The number of fused-ring (bicyclic) bond motifs is 1. The van der Waals surface area contributed by atoms with Gasteiger partial charge in [-0.15, -0.1) is 4.40 Å². The lowest BCUT2D eigenvalue weighted by molar-refractivity contribution is 0.0951. The van der Waals surface area contributed by atoms with E-state index in [0.29, 0.717) is 23.4 Å². The second-order valence-corrected chi connectivity index (χ2v) is 9.73. The smallest absolute Gasteiger partial charge is 0.285 e. The maximum atomic E-state index is 12.6. The first kappa shape index (κ1) is 21.2. The van der Waals surface area contributed by atoms with Crippen LogP contribution in [0.25, 0.3) is 0 Å². The number of carbonyl (C=O) groups is 1. The molecule has 2 N–H and O–H groups in total. The number of anilines is 2. The second-order valence-electron chi connectivity index (χ2n) is 8.16. The van der Waals surface area contributed by atoms with Crippen LogP contribution in [0.2, 0.25) is 0 Å². The molecular weight excluding hydrogens is 436 g/mol. The average Bonchev–Trinajstić information content (AvgIpc) is 3.46. The van der Waals surface area contributed by atoms with E-state index >= 15 is 0 Å². The third-order valence-corrected chi connectivity index (χ3v) is 7.24. The second kappa shape index (κ2) is 8.71. The number of sulfonamides is 1. The fourth-order valence-corrected chi connectivity index (χ4v) is 5.30. The Morgan fingerprint density at radius 1 is 0.909 bits per heavy atom. The van der Waals surface area contributed by atoms with Gasteiger partial charge in [-0.05, 0) is 66.9 Å².